The zero-order chi connectivity index (χ0) is 12.1. The molecule has 0 aromatic carbocycles. The molecule has 88 valence electrons. The molecule has 0 heterocycles. The third-order valence-corrected chi connectivity index (χ3v) is 2.07. The topological polar surface area (TPSA) is 56.0 Å². The van der Waals surface area contributed by atoms with E-state index in [2.05, 4.69) is 5.32 Å². The van der Waals surface area contributed by atoms with Crippen LogP contribution in [-0.2, 0) is 0 Å². The molecule has 0 aliphatic carbocycles. The Kier molecular flexibility index (Phi) is 5.05. The summed E-state index contributed by atoms with van der Waals surface area (Å²) in [6.45, 7) is 2.79. The lowest BCUT2D eigenvalue weighted by Crippen LogP contribution is -2.45. The van der Waals surface area contributed by atoms with Crippen LogP contribution in [-0.4, -0.2) is 30.0 Å². The summed E-state index contributed by atoms with van der Waals surface area (Å²) in [5.74, 6) is -2.00. The smallest absolute Gasteiger partial charge is 0.396 e. The van der Waals surface area contributed by atoms with Crippen LogP contribution < -0.4 is 5.32 Å². The number of rotatable bonds is 5. The largest absolute Gasteiger partial charge is 0.405 e. The summed E-state index contributed by atoms with van der Waals surface area (Å²) in [5, 5.41) is 19.6. The molecule has 0 fully saturated rings. The molecular formula is C9H15F3N2O. The number of nitrogens with one attached hydrogen (secondary N) is 1. The van der Waals surface area contributed by atoms with Crippen LogP contribution in [0.2, 0.25) is 0 Å². The summed E-state index contributed by atoms with van der Waals surface area (Å²) in [7, 11) is 0. The van der Waals surface area contributed by atoms with Crippen molar-refractivity contribution in [2.45, 2.75) is 32.0 Å². The van der Waals surface area contributed by atoms with Crippen LogP contribution in [0.15, 0.2) is 0 Å². The van der Waals surface area contributed by atoms with E-state index in [1.54, 1.807) is 13.8 Å². The maximum absolute atomic E-state index is 12.2. The molecule has 0 aromatic rings. The average Bonchev–Trinajstić information content (AvgIpc) is 2.02. The number of hydrogen-bond acceptors (Lipinski definition) is 3. The van der Waals surface area contributed by atoms with Gasteiger partial charge in [0.05, 0.1) is 6.07 Å². The first-order valence-electron chi connectivity index (χ1n) is 4.55. The highest BCUT2D eigenvalue weighted by Gasteiger charge is 2.40. The first-order chi connectivity index (χ1) is 6.73. The van der Waals surface area contributed by atoms with Crippen LogP contribution in [0.1, 0.15) is 20.3 Å². The molecule has 6 heteroatoms. The van der Waals surface area contributed by atoms with Gasteiger partial charge in [-0.25, -0.2) is 0 Å². The molecule has 0 saturated carbocycles. The Balaban J connectivity index is 4.20. The average molecular weight is 224 g/mol. The first kappa shape index (κ1) is 14.2. The molecule has 3 nitrogen and oxygen atoms in total. The minimum atomic E-state index is -4.50. The molecule has 0 aliphatic heterocycles. The van der Waals surface area contributed by atoms with Gasteiger partial charge in [-0.2, -0.15) is 18.4 Å². The second-order valence-corrected chi connectivity index (χ2v) is 3.96. The summed E-state index contributed by atoms with van der Waals surface area (Å²) in [6, 6.07) is 1.21. The quantitative estimate of drug-likeness (QED) is 0.743. The lowest BCUT2D eigenvalue weighted by Gasteiger charge is -2.27. The molecule has 0 rings (SSSR count). The van der Waals surface area contributed by atoms with Gasteiger partial charge in [-0.1, -0.05) is 0 Å². The second kappa shape index (κ2) is 5.33. The highest BCUT2D eigenvalue weighted by Crippen LogP contribution is 2.25. The lowest BCUT2D eigenvalue weighted by molar-refractivity contribution is -0.158. The van der Waals surface area contributed by atoms with E-state index in [0.29, 0.717) is 6.42 Å². The molecule has 0 radical (unpaired) electrons. The van der Waals surface area contributed by atoms with Crippen molar-refractivity contribution in [3.8, 4) is 6.07 Å². The van der Waals surface area contributed by atoms with Crippen molar-refractivity contribution < 1.29 is 18.3 Å². The maximum atomic E-state index is 12.2. The van der Waals surface area contributed by atoms with Gasteiger partial charge in [0, 0.05) is 18.7 Å². The Hall–Kier alpha value is -0.800. The van der Waals surface area contributed by atoms with Crippen molar-refractivity contribution in [1.82, 2.24) is 5.32 Å². The number of nitrogens with zero attached hydrogens (tertiary/aromatic N) is 1. The van der Waals surface area contributed by atoms with Crippen LogP contribution in [0.4, 0.5) is 13.2 Å². The van der Waals surface area contributed by atoms with E-state index in [1.807, 2.05) is 0 Å². The number of aliphatic hydroxyl groups is 1. The van der Waals surface area contributed by atoms with Gasteiger partial charge in [0.25, 0.3) is 0 Å². The summed E-state index contributed by atoms with van der Waals surface area (Å²) in [5.41, 5.74) is -0.602. The van der Waals surface area contributed by atoms with Gasteiger partial charge in [-0.3, -0.25) is 0 Å². The van der Waals surface area contributed by atoms with E-state index < -0.39 is 24.2 Å². The zero-order valence-electron chi connectivity index (χ0n) is 8.73. The Morgan fingerprint density at radius 3 is 2.27 bits per heavy atom. The molecular weight excluding hydrogens is 209 g/mol. The standard InChI is InChI=1S/C9H15F3N2O/c1-8(2,3-4-15)14-6-7(5-13)9(10,11)12/h7,14-15H,3-4,6H2,1-2H3. The molecule has 0 aromatic heterocycles. The SMILES string of the molecule is CC(C)(CCO)NCC(C#N)C(F)(F)F. The third-order valence-electron chi connectivity index (χ3n) is 2.07. The monoisotopic (exact) mass is 224 g/mol. The molecule has 0 saturated heterocycles. The van der Waals surface area contributed by atoms with E-state index in [-0.39, 0.29) is 6.61 Å². The fourth-order valence-corrected chi connectivity index (χ4v) is 0.981. The lowest BCUT2D eigenvalue weighted by atomic mass is 10.00. The molecule has 1 atom stereocenters. The summed E-state index contributed by atoms with van der Waals surface area (Å²) >= 11 is 0. The third kappa shape index (κ3) is 5.60. The van der Waals surface area contributed by atoms with E-state index in [0.717, 1.165) is 0 Å². The highest BCUT2D eigenvalue weighted by atomic mass is 19.4. The van der Waals surface area contributed by atoms with Crippen molar-refractivity contribution in [1.29, 1.82) is 5.26 Å². The van der Waals surface area contributed by atoms with Crippen molar-refractivity contribution in [2.75, 3.05) is 13.2 Å². The fraction of sp³-hybridized carbons (Fsp3) is 0.889. The van der Waals surface area contributed by atoms with Gasteiger partial charge in [0.1, 0.15) is 0 Å². The second-order valence-electron chi connectivity index (χ2n) is 3.96. The van der Waals surface area contributed by atoms with Crippen molar-refractivity contribution in [3.05, 3.63) is 0 Å². The Morgan fingerprint density at radius 1 is 1.40 bits per heavy atom. The molecule has 15 heavy (non-hydrogen) atoms. The fourth-order valence-electron chi connectivity index (χ4n) is 0.981. The maximum Gasteiger partial charge on any atom is 0.405 e. The molecule has 0 spiro atoms. The summed E-state index contributed by atoms with van der Waals surface area (Å²) in [6.07, 6.45) is -4.17. The van der Waals surface area contributed by atoms with Crippen molar-refractivity contribution in [3.63, 3.8) is 0 Å². The van der Waals surface area contributed by atoms with Gasteiger partial charge in [0.2, 0.25) is 0 Å². The van der Waals surface area contributed by atoms with Gasteiger partial charge in [-0.15, -0.1) is 0 Å². The van der Waals surface area contributed by atoms with E-state index in [4.69, 9.17) is 10.4 Å². The van der Waals surface area contributed by atoms with E-state index >= 15 is 0 Å². The molecule has 0 amide bonds. The Labute approximate surface area is 86.9 Å². The van der Waals surface area contributed by atoms with Gasteiger partial charge < -0.3 is 10.4 Å². The van der Waals surface area contributed by atoms with Gasteiger partial charge >= 0.3 is 6.18 Å². The predicted octanol–water partition coefficient (Wildman–Crippen LogP) is 1.44. The highest BCUT2D eigenvalue weighted by molar-refractivity contribution is 4.92. The molecule has 2 N–H and O–H groups in total. The van der Waals surface area contributed by atoms with Crippen LogP contribution in [0.25, 0.3) is 0 Å². The Bertz CT molecular complexity index is 232. The van der Waals surface area contributed by atoms with Gasteiger partial charge in [-0.05, 0) is 20.3 Å². The summed E-state index contributed by atoms with van der Waals surface area (Å²) in [4.78, 5) is 0. The number of hydrogen-bond donors (Lipinski definition) is 2. The first-order valence-corrected chi connectivity index (χ1v) is 4.55. The molecule has 0 aliphatic rings. The van der Waals surface area contributed by atoms with Crippen molar-refractivity contribution in [2.24, 2.45) is 5.92 Å². The predicted molar refractivity (Wildman–Crippen MR) is 48.9 cm³/mol. The minimum Gasteiger partial charge on any atom is -0.396 e. The number of alkyl halides is 3. The minimum absolute atomic E-state index is 0.108. The van der Waals surface area contributed by atoms with Gasteiger partial charge in [0.15, 0.2) is 5.92 Å². The van der Waals surface area contributed by atoms with Crippen molar-refractivity contribution >= 4 is 0 Å². The molecule has 1 unspecified atom stereocenters. The van der Waals surface area contributed by atoms with Crippen LogP contribution in [0.5, 0.6) is 0 Å². The summed E-state index contributed by atoms with van der Waals surface area (Å²) < 4.78 is 36.5. The van der Waals surface area contributed by atoms with Crippen LogP contribution in [0, 0.1) is 17.2 Å². The normalized spacial score (nSPS) is 14.7. The molecule has 0 bridgehead atoms. The number of halogens is 3. The van der Waals surface area contributed by atoms with Crippen LogP contribution >= 0.6 is 0 Å². The zero-order valence-corrected chi connectivity index (χ0v) is 8.73. The van der Waals surface area contributed by atoms with Crippen LogP contribution in [0.3, 0.4) is 0 Å². The van der Waals surface area contributed by atoms with E-state index in [9.17, 15) is 13.2 Å². The number of nitriles is 1. The van der Waals surface area contributed by atoms with E-state index in [1.165, 1.54) is 6.07 Å². The Morgan fingerprint density at radius 2 is 1.93 bits per heavy atom. The number of aliphatic hydroxyl groups excluding tert-OH is 1.